The molecule has 0 fully saturated rings. The summed E-state index contributed by atoms with van der Waals surface area (Å²) in [5.41, 5.74) is 0. The van der Waals surface area contributed by atoms with Crippen LogP contribution in [0.25, 0.3) is 0 Å². The van der Waals surface area contributed by atoms with Crippen molar-refractivity contribution in [3.8, 4) is 0 Å². The molecular weight excluding hydrogens is 815 g/mol. The quantitative estimate of drug-likeness (QED) is 0.0196. The van der Waals surface area contributed by atoms with Gasteiger partial charge in [0.25, 0.3) is 0 Å². The Hall–Kier alpha value is -4.31. The van der Waals surface area contributed by atoms with Gasteiger partial charge in [-0.25, -0.2) is 0 Å². The van der Waals surface area contributed by atoms with Crippen LogP contribution in [0.15, 0.2) is 122 Å². The van der Waals surface area contributed by atoms with Crippen LogP contribution in [0.4, 0.5) is 0 Å². The molecule has 0 radical (unpaired) electrons. The SMILES string of the molecule is CC/C=C\C/C=C\C/C=C\C/C=C\C/C=C\C/C=C\C/C=C\C/C=C\C/C=C\CCCC(=O)OC(COC(=O)CCCCCCC/C=C\CCCC)COC(OCC[N+](C)(C)C)C(=O)[O-]. The standard InChI is InChI=1S/C56H89NO8/c1-6-8-10-12-14-16-18-19-20-21-22-23-24-25-26-27-28-29-30-31-32-33-34-35-37-39-41-43-45-47-54(59)65-52(51-64-56(55(60)61)62-49-48-57(3,4)5)50-63-53(58)46-44-42-40-38-36-17-15-13-11-9-7-2/h8,10,13-16,19-20,22-23,25-26,28-29,31-32,34-35,39,41,52,56H,6-7,9,11-12,17-18,21,24,27,30,33,36-38,40,42-51H2,1-5H3/b10-8-,15-13-,16-14-,20-19-,23-22-,26-25-,29-28-,32-31-,35-34-,41-39-. The zero-order chi connectivity index (χ0) is 47.7. The van der Waals surface area contributed by atoms with E-state index >= 15 is 0 Å². The number of carboxylic acids is 1. The number of esters is 2. The average molecular weight is 904 g/mol. The molecule has 0 aliphatic carbocycles. The van der Waals surface area contributed by atoms with Crippen molar-refractivity contribution in [3.05, 3.63) is 122 Å². The van der Waals surface area contributed by atoms with Crippen LogP contribution in [0.1, 0.15) is 155 Å². The first kappa shape index (κ1) is 60.7. The first-order valence-electron chi connectivity index (χ1n) is 24.7. The van der Waals surface area contributed by atoms with Crippen molar-refractivity contribution >= 4 is 17.9 Å². The zero-order valence-corrected chi connectivity index (χ0v) is 41.3. The number of ether oxygens (including phenoxy) is 4. The second kappa shape index (κ2) is 46.2. The van der Waals surface area contributed by atoms with Gasteiger partial charge in [0.05, 0.1) is 40.3 Å². The number of rotatable bonds is 43. The summed E-state index contributed by atoms with van der Waals surface area (Å²) >= 11 is 0. The van der Waals surface area contributed by atoms with Crippen molar-refractivity contribution in [3.63, 3.8) is 0 Å². The van der Waals surface area contributed by atoms with Crippen LogP contribution in [0.3, 0.4) is 0 Å². The molecule has 2 atom stereocenters. The molecule has 0 aliphatic rings. The molecule has 366 valence electrons. The van der Waals surface area contributed by atoms with Crippen LogP contribution < -0.4 is 5.11 Å². The fourth-order valence-electron chi connectivity index (χ4n) is 5.87. The monoisotopic (exact) mass is 904 g/mol. The zero-order valence-electron chi connectivity index (χ0n) is 41.3. The van der Waals surface area contributed by atoms with Gasteiger partial charge in [-0.05, 0) is 96.3 Å². The molecule has 0 heterocycles. The van der Waals surface area contributed by atoms with E-state index < -0.39 is 30.3 Å². The van der Waals surface area contributed by atoms with E-state index in [4.69, 9.17) is 18.9 Å². The molecule has 0 aromatic heterocycles. The van der Waals surface area contributed by atoms with Gasteiger partial charge >= 0.3 is 11.9 Å². The summed E-state index contributed by atoms with van der Waals surface area (Å²) in [6, 6.07) is 0. The Morgan fingerprint density at radius 1 is 0.477 bits per heavy atom. The summed E-state index contributed by atoms with van der Waals surface area (Å²) < 4.78 is 22.5. The Morgan fingerprint density at radius 2 is 0.892 bits per heavy atom. The molecule has 2 unspecified atom stereocenters. The van der Waals surface area contributed by atoms with E-state index in [1.807, 2.05) is 27.2 Å². The lowest BCUT2D eigenvalue weighted by Gasteiger charge is -2.26. The number of aliphatic carboxylic acids is 1. The predicted octanol–water partition coefficient (Wildman–Crippen LogP) is 12.4. The number of hydrogen-bond donors (Lipinski definition) is 0. The number of likely N-dealkylation sites (N-methyl/N-ethyl adjacent to an activating group) is 1. The van der Waals surface area contributed by atoms with E-state index in [2.05, 4.69) is 129 Å². The summed E-state index contributed by atoms with van der Waals surface area (Å²) in [6.07, 6.45) is 61.1. The molecule has 9 nitrogen and oxygen atoms in total. The maximum absolute atomic E-state index is 12.8. The van der Waals surface area contributed by atoms with Gasteiger partial charge in [-0.3, -0.25) is 9.59 Å². The van der Waals surface area contributed by atoms with E-state index in [0.29, 0.717) is 30.3 Å². The van der Waals surface area contributed by atoms with Crippen molar-refractivity contribution in [2.45, 2.75) is 167 Å². The van der Waals surface area contributed by atoms with Gasteiger partial charge in [0.15, 0.2) is 12.4 Å². The molecule has 0 aliphatic heterocycles. The fourth-order valence-corrected chi connectivity index (χ4v) is 5.87. The number of hydrogen-bond acceptors (Lipinski definition) is 8. The molecule has 0 aromatic carbocycles. The number of carboxylic acid groups (broad SMARTS) is 1. The summed E-state index contributed by atoms with van der Waals surface area (Å²) in [7, 11) is 5.87. The van der Waals surface area contributed by atoms with Crippen LogP contribution in [-0.4, -0.2) is 82.3 Å². The molecule has 0 aromatic rings. The molecule has 0 bridgehead atoms. The third kappa shape index (κ3) is 47.5. The Bertz CT molecular complexity index is 1470. The third-order valence-corrected chi connectivity index (χ3v) is 9.69. The third-order valence-electron chi connectivity index (χ3n) is 9.69. The van der Waals surface area contributed by atoms with E-state index in [9.17, 15) is 19.5 Å². The van der Waals surface area contributed by atoms with E-state index in [0.717, 1.165) is 96.3 Å². The largest absolute Gasteiger partial charge is 0.545 e. The molecule has 0 amide bonds. The molecule has 0 saturated carbocycles. The van der Waals surface area contributed by atoms with Crippen LogP contribution in [0.2, 0.25) is 0 Å². The Morgan fingerprint density at radius 3 is 1.37 bits per heavy atom. The topological polar surface area (TPSA) is 111 Å². The van der Waals surface area contributed by atoms with Gasteiger partial charge < -0.3 is 33.3 Å². The van der Waals surface area contributed by atoms with Gasteiger partial charge in [-0.2, -0.15) is 0 Å². The predicted molar refractivity (Wildman–Crippen MR) is 269 cm³/mol. The van der Waals surface area contributed by atoms with E-state index in [1.165, 1.54) is 12.8 Å². The van der Waals surface area contributed by atoms with Crippen molar-refractivity contribution in [2.75, 3.05) is 47.5 Å². The molecule has 65 heavy (non-hydrogen) atoms. The number of allylic oxidation sites excluding steroid dienone is 20. The summed E-state index contributed by atoms with van der Waals surface area (Å²) in [6.45, 7) is 4.47. The van der Waals surface area contributed by atoms with Crippen molar-refractivity contribution in [1.82, 2.24) is 0 Å². The minimum atomic E-state index is -1.64. The molecule has 0 saturated heterocycles. The van der Waals surface area contributed by atoms with Crippen LogP contribution in [0.5, 0.6) is 0 Å². The summed E-state index contributed by atoms with van der Waals surface area (Å²) in [5, 5.41) is 11.7. The highest BCUT2D eigenvalue weighted by atomic mass is 16.7. The Balaban J connectivity index is 4.45. The highest BCUT2D eigenvalue weighted by Crippen LogP contribution is 2.11. The van der Waals surface area contributed by atoms with Crippen molar-refractivity contribution in [1.29, 1.82) is 0 Å². The number of nitrogens with zero attached hydrogens (tertiary/aromatic N) is 1. The lowest BCUT2D eigenvalue weighted by molar-refractivity contribution is -0.870. The van der Waals surface area contributed by atoms with Gasteiger partial charge in [0.2, 0.25) is 0 Å². The van der Waals surface area contributed by atoms with E-state index in [-0.39, 0.29) is 32.7 Å². The lowest BCUT2D eigenvalue weighted by atomic mass is 10.1. The summed E-state index contributed by atoms with van der Waals surface area (Å²) in [5.74, 6) is -2.40. The molecule has 0 rings (SSSR count). The molecule has 9 heteroatoms. The van der Waals surface area contributed by atoms with E-state index in [1.54, 1.807) is 0 Å². The number of quaternary nitrogens is 1. The Labute approximate surface area is 396 Å². The fraction of sp³-hybridized carbons (Fsp3) is 0.589. The second-order valence-corrected chi connectivity index (χ2v) is 17.0. The highest BCUT2D eigenvalue weighted by molar-refractivity contribution is 5.70. The summed E-state index contributed by atoms with van der Waals surface area (Å²) in [4.78, 5) is 37.0. The van der Waals surface area contributed by atoms with Crippen LogP contribution >= 0.6 is 0 Å². The second-order valence-electron chi connectivity index (χ2n) is 17.0. The van der Waals surface area contributed by atoms with Crippen molar-refractivity contribution in [2.24, 2.45) is 0 Å². The number of carbonyl (C=O) groups excluding carboxylic acids is 3. The van der Waals surface area contributed by atoms with Gasteiger partial charge in [-0.15, -0.1) is 0 Å². The first-order chi connectivity index (χ1) is 31.6. The van der Waals surface area contributed by atoms with Crippen molar-refractivity contribution < 1.29 is 42.9 Å². The molecular formula is C56H89NO8. The van der Waals surface area contributed by atoms with Crippen LogP contribution in [-0.2, 0) is 33.3 Å². The first-order valence-corrected chi connectivity index (χ1v) is 24.7. The minimum Gasteiger partial charge on any atom is -0.545 e. The smallest absolute Gasteiger partial charge is 0.306 e. The normalized spacial score (nSPS) is 13.9. The lowest BCUT2D eigenvalue weighted by Crippen LogP contribution is -2.44. The maximum atomic E-state index is 12.8. The highest BCUT2D eigenvalue weighted by Gasteiger charge is 2.21. The van der Waals surface area contributed by atoms with Gasteiger partial charge in [0, 0.05) is 12.8 Å². The minimum absolute atomic E-state index is 0.128. The number of carbonyl (C=O) groups is 3. The maximum Gasteiger partial charge on any atom is 0.306 e. The molecule has 0 N–H and O–H groups in total. The van der Waals surface area contributed by atoms with Gasteiger partial charge in [-0.1, -0.05) is 167 Å². The van der Waals surface area contributed by atoms with Gasteiger partial charge in [0.1, 0.15) is 13.2 Å². The Kier molecular flexibility index (Phi) is 43.2. The average Bonchev–Trinajstić information content (AvgIpc) is 3.27. The number of unbranched alkanes of at least 4 members (excludes halogenated alkanes) is 8. The molecule has 0 spiro atoms. The van der Waals surface area contributed by atoms with Crippen LogP contribution in [0, 0.1) is 0 Å².